The number of carbonyl (C=O) groups is 2. The molecule has 1 amide bonds. The number of nitrogens with zero attached hydrogens (tertiary/aromatic N) is 1. The van der Waals surface area contributed by atoms with Crippen molar-refractivity contribution in [1.29, 1.82) is 0 Å². The summed E-state index contributed by atoms with van der Waals surface area (Å²) in [5, 5.41) is 8.83. The molecule has 0 rings (SSSR count). The fourth-order valence-corrected chi connectivity index (χ4v) is 3.08. The zero-order chi connectivity index (χ0) is 19.7. The second kappa shape index (κ2) is 16.0. The van der Waals surface area contributed by atoms with Crippen LogP contribution in [0.1, 0.15) is 96.8 Å². The van der Waals surface area contributed by atoms with Crippen molar-refractivity contribution in [1.82, 2.24) is 0 Å². The number of carboxylic acids is 1. The maximum absolute atomic E-state index is 12.0. The predicted molar refractivity (Wildman–Crippen MR) is 109 cm³/mol. The van der Waals surface area contributed by atoms with Gasteiger partial charge in [-0.25, -0.2) is 9.59 Å². The number of allylic oxidation sites excluding steroid dienone is 2. The third kappa shape index (κ3) is 15.1. The first-order chi connectivity index (χ1) is 12.4. The van der Waals surface area contributed by atoms with Gasteiger partial charge >= 0.3 is 11.9 Å². The van der Waals surface area contributed by atoms with Crippen LogP contribution < -0.4 is 0 Å². The SMILES string of the molecule is CCCCCCCCC=CCCCCCCCC(=O)[N+](C)(C)CC(=O)O. The van der Waals surface area contributed by atoms with E-state index in [1.807, 2.05) is 0 Å². The number of hydrogen-bond acceptors (Lipinski definition) is 2. The Morgan fingerprint density at radius 1 is 0.769 bits per heavy atom. The van der Waals surface area contributed by atoms with Gasteiger partial charge in [0.2, 0.25) is 0 Å². The van der Waals surface area contributed by atoms with Gasteiger partial charge in [-0.05, 0) is 32.1 Å². The predicted octanol–water partition coefficient (Wildman–Crippen LogP) is 5.71. The fourth-order valence-electron chi connectivity index (χ4n) is 3.08. The minimum absolute atomic E-state index is 0.0185. The number of carbonyl (C=O) groups excluding carboxylic acids is 1. The van der Waals surface area contributed by atoms with Crippen LogP contribution in [0.5, 0.6) is 0 Å². The Morgan fingerprint density at radius 3 is 1.73 bits per heavy atom. The Bertz CT molecular complexity index is 402. The molecular weight excluding hydrogens is 326 g/mol. The van der Waals surface area contributed by atoms with E-state index in [1.165, 1.54) is 57.8 Å². The summed E-state index contributed by atoms with van der Waals surface area (Å²) in [6.45, 7) is 2.12. The van der Waals surface area contributed by atoms with Crippen molar-refractivity contribution in [3.8, 4) is 0 Å². The van der Waals surface area contributed by atoms with Crippen molar-refractivity contribution in [2.75, 3.05) is 20.6 Å². The molecule has 0 saturated carbocycles. The number of unbranched alkanes of at least 4 members (excludes halogenated alkanes) is 11. The first kappa shape index (κ1) is 24.8. The maximum atomic E-state index is 12.0. The third-order valence-corrected chi connectivity index (χ3v) is 4.86. The topological polar surface area (TPSA) is 54.4 Å². The molecule has 0 radical (unpaired) electrons. The number of rotatable bonds is 17. The van der Waals surface area contributed by atoms with Crippen molar-refractivity contribution in [2.24, 2.45) is 0 Å². The van der Waals surface area contributed by atoms with Crippen LogP contribution in [0.2, 0.25) is 0 Å². The molecule has 0 aromatic heterocycles. The van der Waals surface area contributed by atoms with Gasteiger partial charge in [0.25, 0.3) is 0 Å². The zero-order valence-corrected chi connectivity index (χ0v) is 17.5. The van der Waals surface area contributed by atoms with E-state index in [9.17, 15) is 9.59 Å². The molecule has 26 heavy (non-hydrogen) atoms. The van der Waals surface area contributed by atoms with Crippen LogP contribution in [0, 0.1) is 0 Å². The van der Waals surface area contributed by atoms with Gasteiger partial charge < -0.3 is 5.11 Å². The summed E-state index contributed by atoms with van der Waals surface area (Å²) >= 11 is 0. The standard InChI is InChI=1S/C22H41NO3/c1-4-5-6-7-8-9-10-11-12-13-14-15-16-17-18-19-21(24)23(2,3)20-22(25)26/h11-12H,4-10,13-20H2,1-3H3/p+1. The second-order valence-electron chi connectivity index (χ2n) is 7.96. The van der Waals surface area contributed by atoms with Gasteiger partial charge in [-0.1, -0.05) is 70.4 Å². The van der Waals surface area contributed by atoms with E-state index in [2.05, 4.69) is 19.1 Å². The van der Waals surface area contributed by atoms with Gasteiger partial charge in [-0.2, -0.15) is 0 Å². The Balaban J connectivity index is 3.44. The van der Waals surface area contributed by atoms with E-state index >= 15 is 0 Å². The van der Waals surface area contributed by atoms with Crippen molar-refractivity contribution in [3.05, 3.63) is 12.2 Å². The van der Waals surface area contributed by atoms with Gasteiger partial charge in [-0.3, -0.25) is 4.48 Å². The van der Waals surface area contributed by atoms with Crippen molar-refractivity contribution < 1.29 is 19.2 Å². The molecule has 0 aliphatic heterocycles. The number of likely N-dealkylation sites (N-methyl/N-ethyl adjacent to an activating group) is 1. The lowest BCUT2D eigenvalue weighted by Gasteiger charge is -2.24. The van der Waals surface area contributed by atoms with Gasteiger partial charge in [0.05, 0.1) is 20.5 Å². The molecule has 4 nitrogen and oxygen atoms in total. The Kier molecular flexibility index (Phi) is 15.3. The van der Waals surface area contributed by atoms with E-state index < -0.39 is 5.97 Å². The maximum Gasteiger partial charge on any atom is 0.359 e. The van der Waals surface area contributed by atoms with Gasteiger partial charge in [0.15, 0.2) is 6.54 Å². The van der Waals surface area contributed by atoms with Crippen LogP contribution in [0.25, 0.3) is 0 Å². The molecule has 0 spiro atoms. The summed E-state index contributed by atoms with van der Waals surface area (Å²) in [5.41, 5.74) is 0. The summed E-state index contributed by atoms with van der Waals surface area (Å²) in [7, 11) is 3.35. The van der Waals surface area contributed by atoms with E-state index in [4.69, 9.17) is 5.11 Å². The molecule has 152 valence electrons. The Morgan fingerprint density at radius 2 is 1.23 bits per heavy atom. The molecule has 0 unspecified atom stereocenters. The largest absolute Gasteiger partial charge is 0.477 e. The summed E-state index contributed by atoms with van der Waals surface area (Å²) in [6.07, 6.45) is 21.2. The lowest BCUT2D eigenvalue weighted by atomic mass is 10.1. The van der Waals surface area contributed by atoms with E-state index in [0.717, 1.165) is 25.7 Å². The average Bonchev–Trinajstić information content (AvgIpc) is 2.57. The van der Waals surface area contributed by atoms with E-state index in [1.54, 1.807) is 14.1 Å². The summed E-state index contributed by atoms with van der Waals surface area (Å²) < 4.78 is -0.0568. The van der Waals surface area contributed by atoms with Crippen LogP contribution in [-0.4, -0.2) is 42.1 Å². The van der Waals surface area contributed by atoms with Crippen LogP contribution >= 0.6 is 0 Å². The van der Waals surface area contributed by atoms with Gasteiger partial charge in [0, 0.05) is 0 Å². The molecule has 4 heteroatoms. The quantitative estimate of drug-likeness (QED) is 0.203. The summed E-state index contributed by atoms with van der Waals surface area (Å²) in [5.74, 6) is -0.905. The van der Waals surface area contributed by atoms with Gasteiger partial charge in [-0.15, -0.1) is 0 Å². The smallest absolute Gasteiger partial charge is 0.359 e. The summed E-state index contributed by atoms with van der Waals surface area (Å²) in [4.78, 5) is 22.8. The zero-order valence-electron chi connectivity index (χ0n) is 17.5. The molecular formula is C22H42NO3+. The molecule has 0 heterocycles. The highest BCUT2D eigenvalue weighted by Crippen LogP contribution is 2.11. The molecule has 0 aromatic rings. The normalized spacial score (nSPS) is 12.0. The fraction of sp³-hybridized carbons (Fsp3) is 0.818. The molecule has 0 aliphatic carbocycles. The first-order valence-electron chi connectivity index (χ1n) is 10.6. The molecule has 0 aliphatic rings. The summed E-state index contributed by atoms with van der Waals surface area (Å²) in [6, 6.07) is 0. The second-order valence-corrected chi connectivity index (χ2v) is 7.96. The van der Waals surface area contributed by atoms with E-state index in [-0.39, 0.29) is 16.9 Å². The van der Waals surface area contributed by atoms with Crippen LogP contribution in [0.4, 0.5) is 0 Å². The molecule has 0 fully saturated rings. The number of amides is 1. The Labute approximate surface area is 161 Å². The third-order valence-electron chi connectivity index (χ3n) is 4.86. The van der Waals surface area contributed by atoms with Crippen LogP contribution in [0.3, 0.4) is 0 Å². The van der Waals surface area contributed by atoms with E-state index in [0.29, 0.717) is 6.42 Å². The number of carboxylic acid groups (broad SMARTS) is 1. The lowest BCUT2D eigenvalue weighted by molar-refractivity contribution is -0.806. The minimum Gasteiger partial charge on any atom is -0.477 e. The average molecular weight is 369 g/mol. The number of quaternary nitrogens is 1. The van der Waals surface area contributed by atoms with Crippen LogP contribution in [-0.2, 0) is 9.59 Å². The number of aliphatic carboxylic acids is 1. The minimum atomic E-state index is -0.923. The molecule has 1 N–H and O–H groups in total. The lowest BCUT2D eigenvalue weighted by Crippen LogP contribution is -2.48. The van der Waals surface area contributed by atoms with Crippen molar-refractivity contribution >= 4 is 11.9 Å². The molecule has 0 bridgehead atoms. The van der Waals surface area contributed by atoms with Crippen molar-refractivity contribution in [2.45, 2.75) is 96.8 Å². The highest BCUT2D eigenvalue weighted by atomic mass is 16.4. The van der Waals surface area contributed by atoms with Gasteiger partial charge in [0.1, 0.15) is 0 Å². The molecule has 0 saturated heterocycles. The van der Waals surface area contributed by atoms with Crippen molar-refractivity contribution in [3.63, 3.8) is 0 Å². The first-order valence-corrected chi connectivity index (χ1v) is 10.6. The highest BCUT2D eigenvalue weighted by Gasteiger charge is 2.28. The Hall–Kier alpha value is -1.16. The molecule has 0 aromatic carbocycles. The highest BCUT2D eigenvalue weighted by molar-refractivity contribution is 5.74. The molecule has 0 atom stereocenters. The van der Waals surface area contributed by atoms with Crippen LogP contribution in [0.15, 0.2) is 12.2 Å². The number of hydrogen-bond donors (Lipinski definition) is 1. The monoisotopic (exact) mass is 368 g/mol.